The van der Waals surface area contributed by atoms with Crippen molar-refractivity contribution in [2.24, 2.45) is 5.41 Å². The highest BCUT2D eigenvalue weighted by molar-refractivity contribution is 6.30. The average molecular weight is 652 g/mol. The van der Waals surface area contributed by atoms with E-state index >= 15 is 0 Å². The van der Waals surface area contributed by atoms with Crippen molar-refractivity contribution >= 4 is 39.7 Å². The minimum atomic E-state index is -4.53. The number of carbonyl (C=O) groups is 1. The van der Waals surface area contributed by atoms with E-state index in [2.05, 4.69) is 40.8 Å². The van der Waals surface area contributed by atoms with Crippen molar-refractivity contribution in [3.63, 3.8) is 0 Å². The second-order valence-corrected chi connectivity index (χ2v) is 13.3. The first-order chi connectivity index (χ1) is 21.9. The molecule has 0 saturated carbocycles. The number of rotatable bonds is 7. The van der Waals surface area contributed by atoms with Gasteiger partial charge in [-0.2, -0.15) is 13.2 Å². The minimum absolute atomic E-state index is 0.190. The molecule has 1 aliphatic heterocycles. The number of nitrogens with one attached hydrogen (secondary N) is 1. The van der Waals surface area contributed by atoms with Crippen LogP contribution in [-0.2, 0) is 10.9 Å². The third-order valence-electron chi connectivity index (χ3n) is 9.05. The summed E-state index contributed by atoms with van der Waals surface area (Å²) < 4.78 is 51.4. The highest BCUT2D eigenvalue weighted by atomic mass is 35.5. The number of aromatic amines is 1. The minimum Gasteiger partial charge on any atom is -0.465 e. The molecular formula is C36H37ClF3N3O3. The summed E-state index contributed by atoms with van der Waals surface area (Å²) in [7, 11) is 1.28. The number of carbonyl (C=O) groups excluding carboxylic acids is 1. The molecule has 0 bridgehead atoms. The zero-order valence-electron chi connectivity index (χ0n) is 26.1. The second-order valence-electron chi connectivity index (χ2n) is 12.9. The lowest BCUT2D eigenvalue weighted by molar-refractivity contribution is -0.140. The number of alkyl halides is 3. The molecule has 6 nitrogen and oxygen atoms in total. The summed E-state index contributed by atoms with van der Waals surface area (Å²) in [6.07, 6.45) is -1.27. The summed E-state index contributed by atoms with van der Waals surface area (Å²) in [6, 6.07) is 19.2. The van der Waals surface area contributed by atoms with E-state index in [1.807, 2.05) is 18.2 Å². The fraction of sp³-hybridized carbons (Fsp3) is 0.361. The molecule has 10 heteroatoms. The lowest BCUT2D eigenvalue weighted by Gasteiger charge is -2.39. The molecule has 46 heavy (non-hydrogen) atoms. The average Bonchev–Trinajstić information content (AvgIpc) is 3.49. The van der Waals surface area contributed by atoms with Crippen molar-refractivity contribution in [3.05, 3.63) is 94.1 Å². The highest BCUT2D eigenvalue weighted by Crippen LogP contribution is 2.44. The van der Waals surface area contributed by atoms with E-state index in [1.165, 1.54) is 23.8 Å². The van der Waals surface area contributed by atoms with E-state index in [0.717, 1.165) is 68.8 Å². The fourth-order valence-corrected chi connectivity index (χ4v) is 6.58. The monoisotopic (exact) mass is 651 g/mol. The van der Waals surface area contributed by atoms with Gasteiger partial charge in [0.15, 0.2) is 0 Å². The van der Waals surface area contributed by atoms with Crippen LogP contribution >= 0.6 is 11.6 Å². The molecule has 1 aromatic heterocycles. The molecule has 2 aliphatic rings. The molecule has 3 aromatic carbocycles. The zero-order chi connectivity index (χ0) is 32.6. The predicted molar refractivity (Wildman–Crippen MR) is 176 cm³/mol. The van der Waals surface area contributed by atoms with Crippen LogP contribution in [0.3, 0.4) is 0 Å². The van der Waals surface area contributed by atoms with Crippen molar-refractivity contribution in [3.8, 4) is 11.5 Å². The number of esters is 1. The molecule has 2 heterocycles. The Balaban J connectivity index is 1.21. The van der Waals surface area contributed by atoms with Crippen LogP contribution in [0.1, 0.15) is 54.7 Å². The van der Waals surface area contributed by atoms with E-state index in [9.17, 15) is 18.0 Å². The fourth-order valence-electron chi connectivity index (χ4n) is 6.46. The van der Waals surface area contributed by atoms with Gasteiger partial charge in [-0.25, -0.2) is 4.79 Å². The molecule has 1 N–H and O–H groups in total. The van der Waals surface area contributed by atoms with Crippen LogP contribution in [0.4, 0.5) is 18.9 Å². The van der Waals surface area contributed by atoms with Gasteiger partial charge >= 0.3 is 12.1 Å². The summed E-state index contributed by atoms with van der Waals surface area (Å²) in [5, 5.41) is 1.01. The van der Waals surface area contributed by atoms with E-state index in [0.29, 0.717) is 0 Å². The first kappa shape index (κ1) is 32.0. The summed E-state index contributed by atoms with van der Waals surface area (Å²) >= 11 is 6.19. The molecule has 0 spiro atoms. The molecular weight excluding hydrogens is 615 g/mol. The number of halogens is 4. The Kier molecular flexibility index (Phi) is 8.83. The first-order valence-corrected chi connectivity index (χ1v) is 15.8. The number of benzene rings is 3. The maximum atomic E-state index is 13.4. The predicted octanol–water partition coefficient (Wildman–Crippen LogP) is 9.20. The Labute approximate surface area is 271 Å². The Morgan fingerprint density at radius 3 is 2.41 bits per heavy atom. The van der Waals surface area contributed by atoms with Crippen molar-refractivity contribution in [2.75, 3.05) is 44.7 Å². The Morgan fingerprint density at radius 1 is 0.978 bits per heavy atom. The van der Waals surface area contributed by atoms with Gasteiger partial charge in [-0.3, -0.25) is 4.90 Å². The summed E-state index contributed by atoms with van der Waals surface area (Å²) in [5.74, 6) is -0.169. The van der Waals surface area contributed by atoms with Gasteiger partial charge in [0, 0.05) is 60.4 Å². The van der Waals surface area contributed by atoms with Gasteiger partial charge in [0.1, 0.15) is 22.8 Å². The lowest BCUT2D eigenvalue weighted by Crippen LogP contribution is -2.47. The van der Waals surface area contributed by atoms with Gasteiger partial charge < -0.3 is 19.4 Å². The van der Waals surface area contributed by atoms with Crippen LogP contribution in [0.5, 0.6) is 11.5 Å². The molecule has 6 rings (SSSR count). The molecule has 1 aliphatic carbocycles. The van der Waals surface area contributed by atoms with Crippen LogP contribution in [0.2, 0.25) is 5.02 Å². The van der Waals surface area contributed by atoms with Gasteiger partial charge in [0.2, 0.25) is 0 Å². The Morgan fingerprint density at radius 2 is 1.72 bits per heavy atom. The molecule has 0 amide bonds. The van der Waals surface area contributed by atoms with E-state index in [4.69, 9.17) is 21.1 Å². The van der Waals surface area contributed by atoms with E-state index < -0.39 is 17.8 Å². The second kappa shape index (κ2) is 12.7. The van der Waals surface area contributed by atoms with E-state index in [1.54, 1.807) is 30.3 Å². The summed E-state index contributed by atoms with van der Waals surface area (Å²) in [4.78, 5) is 19.8. The van der Waals surface area contributed by atoms with Gasteiger partial charge in [-0.15, -0.1) is 0 Å². The molecule has 0 unspecified atom stereocenters. The van der Waals surface area contributed by atoms with E-state index in [-0.39, 0.29) is 33.4 Å². The van der Waals surface area contributed by atoms with Gasteiger partial charge in [-0.1, -0.05) is 49.2 Å². The quantitative estimate of drug-likeness (QED) is 0.202. The van der Waals surface area contributed by atoms with Crippen molar-refractivity contribution < 1.29 is 27.4 Å². The van der Waals surface area contributed by atoms with Crippen molar-refractivity contribution in [1.82, 2.24) is 9.88 Å². The van der Waals surface area contributed by atoms with Gasteiger partial charge in [-0.05, 0) is 78.3 Å². The Hall–Kier alpha value is -3.95. The highest BCUT2D eigenvalue weighted by Gasteiger charge is 2.33. The normalized spacial score (nSPS) is 17.4. The number of hydrogen-bond donors (Lipinski definition) is 1. The number of ether oxygens (including phenoxy) is 2. The summed E-state index contributed by atoms with van der Waals surface area (Å²) in [5.41, 5.74) is 4.88. The number of hydrogen-bond acceptors (Lipinski definition) is 5. The maximum absolute atomic E-state index is 13.4. The SMILES string of the molecule is COC(=O)c1ccc(N2CCN(CC3=C(c4ccc(Cl)cc4)CC(C)(C)CC3)CC2)cc1Oc1cccc2[nH]c(C(F)(F)F)cc12. The third-order valence-corrected chi connectivity index (χ3v) is 9.30. The van der Waals surface area contributed by atoms with Gasteiger partial charge in [0.25, 0.3) is 0 Å². The number of methoxy groups -OCH3 is 1. The number of allylic oxidation sites excluding steroid dienone is 1. The molecule has 0 atom stereocenters. The first-order valence-electron chi connectivity index (χ1n) is 15.4. The number of anilines is 1. The number of H-pyrrole nitrogens is 1. The molecule has 4 aromatic rings. The van der Waals surface area contributed by atoms with Crippen LogP contribution < -0.4 is 9.64 Å². The number of piperazine rings is 1. The maximum Gasteiger partial charge on any atom is 0.431 e. The van der Waals surface area contributed by atoms with Gasteiger partial charge in [0.05, 0.1) is 7.11 Å². The number of aromatic nitrogens is 1. The van der Waals surface area contributed by atoms with Crippen LogP contribution in [-0.4, -0.2) is 55.7 Å². The molecule has 242 valence electrons. The topological polar surface area (TPSA) is 57.8 Å². The standard InChI is InChI=1S/C36H37ClF3N3O3/c1-35(2)14-13-24(29(21-35)23-7-9-25(37)10-8-23)22-42-15-17-43(18-16-42)26-11-12-27(34(44)45-3)32(19-26)46-31-6-4-5-30-28(31)20-33(41-30)36(38,39)40/h4-12,19-20,41H,13-18,21-22H2,1-3H3. The van der Waals surface area contributed by atoms with Crippen LogP contribution in [0, 0.1) is 5.41 Å². The number of fused-ring (bicyclic) bond motifs is 1. The van der Waals surface area contributed by atoms with Crippen molar-refractivity contribution in [1.29, 1.82) is 0 Å². The van der Waals surface area contributed by atoms with Crippen molar-refractivity contribution in [2.45, 2.75) is 39.3 Å². The lowest BCUT2D eigenvalue weighted by atomic mass is 9.72. The summed E-state index contributed by atoms with van der Waals surface area (Å²) in [6.45, 7) is 8.85. The number of nitrogens with zero attached hydrogens (tertiary/aromatic N) is 2. The smallest absolute Gasteiger partial charge is 0.431 e. The van der Waals surface area contributed by atoms with Crippen LogP contribution in [0.15, 0.2) is 72.3 Å². The zero-order valence-corrected chi connectivity index (χ0v) is 26.9. The van der Waals surface area contributed by atoms with Crippen LogP contribution in [0.25, 0.3) is 16.5 Å². The largest absolute Gasteiger partial charge is 0.465 e. The molecule has 1 saturated heterocycles. The molecule has 0 radical (unpaired) electrons. The third kappa shape index (κ3) is 6.90. The molecule has 1 fully saturated rings. The Bertz CT molecular complexity index is 1770.